The van der Waals surface area contributed by atoms with Crippen LogP contribution < -0.4 is 11.1 Å². The zero-order valence-electron chi connectivity index (χ0n) is 21.2. The SMILES string of the molecule is Cl.Cl.NC(=O)Nc1cccc(CCN2CCC3(CC2)CN(Cc2ccc(C(F)(F)F)cn2)C(=O)C2(CC2)O3)c1. The maximum atomic E-state index is 13.1. The number of primary amides is 1. The van der Waals surface area contributed by atoms with Gasteiger partial charge in [0.2, 0.25) is 0 Å². The van der Waals surface area contributed by atoms with Gasteiger partial charge < -0.3 is 25.6 Å². The molecule has 1 aromatic carbocycles. The smallest absolute Gasteiger partial charge is 0.357 e. The maximum Gasteiger partial charge on any atom is 0.417 e. The molecule has 214 valence electrons. The number of amides is 3. The number of halogens is 5. The number of likely N-dealkylation sites (tertiary alicyclic amines) is 1. The Labute approximate surface area is 237 Å². The minimum Gasteiger partial charge on any atom is -0.357 e. The number of aromatic nitrogens is 1. The number of alkyl halides is 3. The molecule has 0 bridgehead atoms. The molecule has 8 nitrogen and oxygen atoms in total. The van der Waals surface area contributed by atoms with Crippen molar-refractivity contribution in [3.8, 4) is 0 Å². The van der Waals surface area contributed by atoms with Crippen molar-refractivity contribution in [3.63, 3.8) is 0 Å². The van der Waals surface area contributed by atoms with Gasteiger partial charge in [0, 0.05) is 31.5 Å². The van der Waals surface area contributed by atoms with E-state index in [0.29, 0.717) is 30.8 Å². The number of nitrogens with one attached hydrogen (secondary N) is 1. The molecule has 3 aliphatic rings. The molecule has 3 fully saturated rings. The van der Waals surface area contributed by atoms with Gasteiger partial charge >= 0.3 is 12.2 Å². The third-order valence-corrected chi connectivity index (χ3v) is 7.46. The third kappa shape index (κ3) is 7.13. The molecule has 3 N–H and O–H groups in total. The molecule has 2 aliphatic heterocycles. The molecule has 3 amide bonds. The second-order valence-corrected chi connectivity index (χ2v) is 10.3. The van der Waals surface area contributed by atoms with Crippen LogP contribution in [-0.4, -0.2) is 64.1 Å². The Balaban J connectivity index is 0.00000210. The number of nitrogens with two attached hydrogens (primary N) is 1. The van der Waals surface area contributed by atoms with Crippen LogP contribution in [0.3, 0.4) is 0 Å². The number of anilines is 1. The average molecular weight is 590 g/mol. The summed E-state index contributed by atoms with van der Waals surface area (Å²) in [6, 6.07) is 9.35. The van der Waals surface area contributed by atoms with Crippen LogP contribution in [0, 0.1) is 0 Å². The number of morpholine rings is 1. The van der Waals surface area contributed by atoms with E-state index in [1.807, 2.05) is 18.2 Å². The number of rotatable bonds is 6. The summed E-state index contributed by atoms with van der Waals surface area (Å²) in [5, 5.41) is 2.59. The molecule has 3 heterocycles. The first-order valence-corrected chi connectivity index (χ1v) is 12.5. The highest BCUT2D eigenvalue weighted by molar-refractivity contribution is 5.89. The maximum absolute atomic E-state index is 13.1. The lowest BCUT2D eigenvalue weighted by molar-refractivity contribution is -0.201. The predicted octanol–water partition coefficient (Wildman–Crippen LogP) is 4.40. The van der Waals surface area contributed by atoms with Crippen molar-refractivity contribution in [2.75, 3.05) is 31.5 Å². The summed E-state index contributed by atoms with van der Waals surface area (Å²) < 4.78 is 45.2. The van der Waals surface area contributed by atoms with Crippen molar-refractivity contribution >= 4 is 42.4 Å². The Bertz CT molecular complexity index is 1170. The van der Waals surface area contributed by atoms with Gasteiger partial charge in [-0.25, -0.2) is 4.79 Å². The monoisotopic (exact) mass is 589 g/mol. The third-order valence-electron chi connectivity index (χ3n) is 7.46. The second-order valence-electron chi connectivity index (χ2n) is 10.3. The van der Waals surface area contributed by atoms with Crippen LogP contribution >= 0.6 is 24.8 Å². The fourth-order valence-electron chi connectivity index (χ4n) is 5.31. The van der Waals surface area contributed by atoms with Crippen LogP contribution in [0.15, 0.2) is 42.6 Å². The summed E-state index contributed by atoms with van der Waals surface area (Å²) in [4.78, 5) is 32.3. The number of hydrogen-bond acceptors (Lipinski definition) is 5. The predicted molar refractivity (Wildman–Crippen MR) is 144 cm³/mol. The summed E-state index contributed by atoms with van der Waals surface area (Å²) in [5.74, 6) is -0.0910. The molecule has 13 heteroatoms. The zero-order valence-corrected chi connectivity index (χ0v) is 22.8. The second kappa shape index (κ2) is 11.9. The van der Waals surface area contributed by atoms with E-state index in [-0.39, 0.29) is 37.3 Å². The van der Waals surface area contributed by atoms with E-state index >= 15 is 0 Å². The minimum atomic E-state index is -4.44. The highest BCUT2D eigenvalue weighted by Crippen LogP contribution is 2.50. The highest BCUT2D eigenvalue weighted by atomic mass is 35.5. The number of hydrogen-bond donors (Lipinski definition) is 2. The molecule has 1 aliphatic carbocycles. The van der Waals surface area contributed by atoms with E-state index < -0.39 is 29.0 Å². The molecule has 1 saturated carbocycles. The Morgan fingerprint density at radius 3 is 2.41 bits per heavy atom. The molecule has 2 saturated heterocycles. The lowest BCUT2D eigenvalue weighted by Crippen LogP contribution is -2.62. The van der Waals surface area contributed by atoms with Crippen molar-refractivity contribution < 1.29 is 27.5 Å². The highest BCUT2D eigenvalue weighted by Gasteiger charge is 2.61. The number of benzene rings is 1. The topological polar surface area (TPSA) is 101 Å². The van der Waals surface area contributed by atoms with E-state index in [0.717, 1.165) is 56.7 Å². The number of pyridine rings is 1. The van der Waals surface area contributed by atoms with Crippen LogP contribution in [0.1, 0.15) is 42.5 Å². The van der Waals surface area contributed by atoms with E-state index in [1.165, 1.54) is 6.07 Å². The number of piperidine rings is 1. The summed E-state index contributed by atoms with van der Waals surface area (Å²) in [6.07, 6.45) is 0.0647. The van der Waals surface area contributed by atoms with Crippen molar-refractivity contribution in [1.29, 1.82) is 0 Å². The van der Waals surface area contributed by atoms with Gasteiger partial charge in [0.05, 0.1) is 29.9 Å². The molecule has 0 radical (unpaired) electrons. The molecule has 1 aromatic heterocycles. The Kier molecular flexibility index (Phi) is 9.42. The van der Waals surface area contributed by atoms with Crippen LogP contribution in [0.25, 0.3) is 0 Å². The molecular formula is C26H32Cl2F3N5O3. The van der Waals surface area contributed by atoms with Crippen molar-refractivity contribution in [2.45, 2.75) is 56.0 Å². The quantitative estimate of drug-likeness (QED) is 0.520. The number of nitrogens with zero attached hydrogens (tertiary/aromatic N) is 3. The van der Waals surface area contributed by atoms with Crippen molar-refractivity contribution in [1.82, 2.24) is 14.8 Å². The van der Waals surface area contributed by atoms with Crippen LogP contribution in [0.2, 0.25) is 0 Å². The first-order chi connectivity index (χ1) is 17.6. The normalized spacial score (nSPS) is 19.8. The van der Waals surface area contributed by atoms with Crippen LogP contribution in [0.5, 0.6) is 0 Å². The summed E-state index contributed by atoms with van der Waals surface area (Å²) >= 11 is 0. The van der Waals surface area contributed by atoms with Gasteiger partial charge in [-0.3, -0.25) is 9.78 Å². The molecule has 2 aromatic rings. The van der Waals surface area contributed by atoms with E-state index in [4.69, 9.17) is 10.5 Å². The van der Waals surface area contributed by atoms with E-state index in [2.05, 4.69) is 15.2 Å². The Hall–Kier alpha value is -2.60. The standard InChI is InChI=1S/C26H30F3N5O3.2ClH/c27-26(28,29)19-4-5-21(31-15-19)16-34-17-24(37-25(7-8-25)22(34)35)9-12-33(13-10-24)11-6-18-2-1-3-20(14-18)32-23(30)36;;/h1-5,14-15H,6-13,16-17H2,(H3,30,32,36);2*1H. The van der Waals surface area contributed by atoms with E-state index in [1.54, 1.807) is 11.0 Å². The first-order valence-electron chi connectivity index (χ1n) is 12.5. The number of ether oxygens (including phenoxy) is 1. The summed E-state index contributed by atoms with van der Waals surface area (Å²) in [6.45, 7) is 3.05. The molecule has 0 atom stereocenters. The molecule has 2 spiro atoms. The minimum absolute atomic E-state index is 0. The van der Waals surface area contributed by atoms with Crippen molar-refractivity contribution in [3.05, 3.63) is 59.4 Å². The Morgan fingerprint density at radius 2 is 1.82 bits per heavy atom. The van der Waals surface area contributed by atoms with Crippen LogP contribution in [-0.2, 0) is 28.7 Å². The Morgan fingerprint density at radius 1 is 1.10 bits per heavy atom. The summed E-state index contributed by atoms with van der Waals surface area (Å²) in [7, 11) is 0. The van der Waals surface area contributed by atoms with Crippen LogP contribution in [0.4, 0.5) is 23.7 Å². The average Bonchev–Trinajstić information content (AvgIpc) is 3.61. The number of urea groups is 1. The largest absolute Gasteiger partial charge is 0.417 e. The number of carbonyl (C=O) groups is 2. The van der Waals surface area contributed by atoms with Gasteiger partial charge in [-0.2, -0.15) is 13.2 Å². The van der Waals surface area contributed by atoms with E-state index in [9.17, 15) is 22.8 Å². The molecular weight excluding hydrogens is 558 g/mol. The molecule has 39 heavy (non-hydrogen) atoms. The fourth-order valence-corrected chi connectivity index (χ4v) is 5.31. The zero-order chi connectivity index (χ0) is 26.3. The molecule has 0 unspecified atom stereocenters. The van der Waals surface area contributed by atoms with Gasteiger partial charge in [-0.05, 0) is 61.9 Å². The van der Waals surface area contributed by atoms with Gasteiger partial charge in [-0.1, -0.05) is 12.1 Å². The fraction of sp³-hybridized carbons (Fsp3) is 0.500. The lowest BCUT2D eigenvalue weighted by Gasteiger charge is -2.50. The van der Waals surface area contributed by atoms with Gasteiger partial charge in [0.15, 0.2) is 0 Å². The number of carbonyl (C=O) groups excluding carboxylic acids is 2. The van der Waals surface area contributed by atoms with Gasteiger partial charge in [0.1, 0.15) is 5.60 Å². The van der Waals surface area contributed by atoms with Gasteiger partial charge in [-0.15, -0.1) is 24.8 Å². The van der Waals surface area contributed by atoms with Gasteiger partial charge in [0.25, 0.3) is 5.91 Å². The first kappa shape index (κ1) is 30.9. The summed E-state index contributed by atoms with van der Waals surface area (Å²) in [5.41, 5.74) is 5.34. The lowest BCUT2D eigenvalue weighted by atomic mass is 9.87. The molecule has 5 rings (SSSR count). The van der Waals surface area contributed by atoms with Crippen molar-refractivity contribution in [2.24, 2.45) is 5.73 Å².